The van der Waals surface area contributed by atoms with E-state index < -0.39 is 26.7 Å². The molecule has 0 aliphatic carbocycles. The Bertz CT molecular complexity index is 897. The summed E-state index contributed by atoms with van der Waals surface area (Å²) >= 11 is 5.81. The molecule has 0 saturated heterocycles. The van der Waals surface area contributed by atoms with E-state index in [0.29, 0.717) is 11.1 Å². The molecule has 0 saturated carbocycles. The number of rotatable bonds is 4. The van der Waals surface area contributed by atoms with Gasteiger partial charge >= 0.3 is 5.97 Å². The number of sulfonamides is 1. The zero-order valence-electron chi connectivity index (χ0n) is 12.2. The van der Waals surface area contributed by atoms with Crippen LogP contribution in [-0.2, 0) is 10.0 Å². The highest BCUT2D eigenvalue weighted by molar-refractivity contribution is 7.92. The van der Waals surface area contributed by atoms with Crippen LogP contribution >= 0.6 is 11.6 Å². The van der Waals surface area contributed by atoms with Crippen LogP contribution in [0.25, 0.3) is 0 Å². The molecule has 122 valence electrons. The Morgan fingerprint density at radius 1 is 1.22 bits per heavy atom. The van der Waals surface area contributed by atoms with Crippen LogP contribution in [0.15, 0.2) is 35.2 Å². The van der Waals surface area contributed by atoms with Crippen molar-refractivity contribution in [3.63, 3.8) is 0 Å². The highest BCUT2D eigenvalue weighted by Gasteiger charge is 2.23. The zero-order valence-corrected chi connectivity index (χ0v) is 13.8. The zero-order chi connectivity index (χ0) is 17.4. The number of hydrogen-bond donors (Lipinski definition) is 2. The van der Waals surface area contributed by atoms with Gasteiger partial charge in [-0.05, 0) is 49.2 Å². The van der Waals surface area contributed by atoms with Crippen LogP contribution in [0.4, 0.5) is 10.1 Å². The first kappa shape index (κ1) is 17.2. The minimum absolute atomic E-state index is 0.0802. The lowest BCUT2D eigenvalue weighted by molar-refractivity contribution is 0.0698. The highest BCUT2D eigenvalue weighted by Crippen LogP contribution is 2.29. The monoisotopic (exact) mass is 357 g/mol. The van der Waals surface area contributed by atoms with Crippen molar-refractivity contribution in [3.05, 3.63) is 57.9 Å². The standard InChI is InChI=1S/C15H13ClFNO4S/c1-8-5-9(2)14(11(6-8)15(19)20)18-23(21,22)13-7-10(17)3-4-12(13)16/h3-7,18H,1-2H3,(H,19,20). The normalized spacial score (nSPS) is 11.3. The average Bonchev–Trinajstić information content (AvgIpc) is 2.43. The van der Waals surface area contributed by atoms with Gasteiger partial charge in [0.2, 0.25) is 0 Å². The van der Waals surface area contributed by atoms with Crippen molar-refractivity contribution in [1.82, 2.24) is 0 Å². The third kappa shape index (κ3) is 3.62. The second-order valence-electron chi connectivity index (χ2n) is 4.99. The van der Waals surface area contributed by atoms with Crippen molar-refractivity contribution >= 4 is 33.3 Å². The Labute approximate surface area is 137 Å². The van der Waals surface area contributed by atoms with Gasteiger partial charge < -0.3 is 5.11 Å². The minimum Gasteiger partial charge on any atom is -0.478 e. The molecular formula is C15H13ClFNO4S. The van der Waals surface area contributed by atoms with E-state index in [1.54, 1.807) is 19.9 Å². The molecule has 2 rings (SSSR count). The topological polar surface area (TPSA) is 83.5 Å². The molecule has 23 heavy (non-hydrogen) atoms. The molecular weight excluding hydrogens is 345 g/mol. The number of carboxylic acid groups (broad SMARTS) is 1. The molecule has 0 bridgehead atoms. The summed E-state index contributed by atoms with van der Waals surface area (Å²) in [5, 5.41) is 9.09. The lowest BCUT2D eigenvalue weighted by Gasteiger charge is -2.15. The molecule has 2 aromatic carbocycles. The molecule has 2 aromatic rings. The molecule has 0 radical (unpaired) electrons. The van der Waals surface area contributed by atoms with E-state index in [1.807, 2.05) is 0 Å². The summed E-state index contributed by atoms with van der Waals surface area (Å²) in [6, 6.07) is 5.90. The van der Waals surface area contributed by atoms with Crippen LogP contribution < -0.4 is 4.72 Å². The van der Waals surface area contributed by atoms with Gasteiger partial charge in [0.15, 0.2) is 0 Å². The van der Waals surface area contributed by atoms with E-state index in [-0.39, 0.29) is 16.3 Å². The fourth-order valence-electron chi connectivity index (χ4n) is 2.14. The Balaban J connectivity index is 2.58. The van der Waals surface area contributed by atoms with Crippen LogP contribution in [0, 0.1) is 19.7 Å². The number of aromatic carboxylic acids is 1. The summed E-state index contributed by atoms with van der Waals surface area (Å²) < 4.78 is 40.4. The number of nitrogens with one attached hydrogen (secondary N) is 1. The maximum Gasteiger partial charge on any atom is 0.337 e. The summed E-state index contributed by atoms with van der Waals surface area (Å²) in [5.74, 6) is -2.05. The van der Waals surface area contributed by atoms with Crippen LogP contribution in [0.5, 0.6) is 0 Å². The van der Waals surface area contributed by atoms with Gasteiger partial charge in [0.05, 0.1) is 16.3 Å². The van der Waals surface area contributed by atoms with Crippen molar-refractivity contribution in [1.29, 1.82) is 0 Å². The maximum atomic E-state index is 13.3. The van der Waals surface area contributed by atoms with E-state index in [0.717, 1.165) is 18.2 Å². The number of carboxylic acids is 1. The third-order valence-electron chi connectivity index (χ3n) is 3.13. The summed E-state index contributed by atoms with van der Waals surface area (Å²) in [6.45, 7) is 3.27. The fourth-order valence-corrected chi connectivity index (χ4v) is 3.81. The van der Waals surface area contributed by atoms with Crippen molar-refractivity contribution in [2.75, 3.05) is 4.72 Å². The largest absolute Gasteiger partial charge is 0.478 e. The number of halogens is 2. The van der Waals surface area contributed by atoms with E-state index in [1.165, 1.54) is 6.07 Å². The molecule has 0 aromatic heterocycles. The van der Waals surface area contributed by atoms with E-state index in [9.17, 15) is 22.7 Å². The summed E-state index contributed by atoms with van der Waals surface area (Å²) in [6.07, 6.45) is 0. The molecule has 8 heteroatoms. The van der Waals surface area contributed by atoms with Gasteiger partial charge in [0.1, 0.15) is 10.7 Å². The SMILES string of the molecule is Cc1cc(C)c(NS(=O)(=O)c2cc(F)ccc2Cl)c(C(=O)O)c1. The Hall–Kier alpha value is -2.12. The number of hydrogen-bond acceptors (Lipinski definition) is 3. The highest BCUT2D eigenvalue weighted by atomic mass is 35.5. The van der Waals surface area contributed by atoms with Crippen LogP contribution in [0.1, 0.15) is 21.5 Å². The first-order valence-electron chi connectivity index (χ1n) is 6.44. The molecule has 0 fully saturated rings. The van der Waals surface area contributed by atoms with Gasteiger partial charge in [-0.15, -0.1) is 0 Å². The molecule has 0 heterocycles. The van der Waals surface area contributed by atoms with Gasteiger partial charge in [0, 0.05) is 0 Å². The predicted octanol–water partition coefficient (Wildman–Crippen LogP) is 3.59. The molecule has 0 aliphatic rings. The van der Waals surface area contributed by atoms with E-state index >= 15 is 0 Å². The summed E-state index contributed by atoms with van der Waals surface area (Å²) in [5.41, 5.74) is 0.826. The molecule has 2 N–H and O–H groups in total. The number of aryl methyl sites for hydroxylation is 2. The van der Waals surface area contributed by atoms with Gasteiger partial charge in [-0.2, -0.15) is 0 Å². The average molecular weight is 358 g/mol. The van der Waals surface area contributed by atoms with Gasteiger partial charge in [-0.1, -0.05) is 17.7 Å². The smallest absolute Gasteiger partial charge is 0.337 e. The number of anilines is 1. The number of carbonyl (C=O) groups is 1. The molecule has 0 amide bonds. The van der Waals surface area contributed by atoms with Gasteiger partial charge in [-0.25, -0.2) is 17.6 Å². The van der Waals surface area contributed by atoms with Crippen molar-refractivity contribution < 1.29 is 22.7 Å². The quantitative estimate of drug-likeness (QED) is 0.875. The molecule has 0 spiro atoms. The second-order valence-corrected chi connectivity index (χ2v) is 7.05. The third-order valence-corrected chi connectivity index (χ3v) is 4.96. The van der Waals surface area contributed by atoms with Crippen molar-refractivity contribution in [2.24, 2.45) is 0 Å². The Morgan fingerprint density at radius 2 is 1.87 bits per heavy atom. The summed E-state index contributed by atoms with van der Waals surface area (Å²) in [7, 11) is -4.24. The minimum atomic E-state index is -4.24. The van der Waals surface area contributed by atoms with Crippen LogP contribution in [0.3, 0.4) is 0 Å². The molecule has 0 atom stereocenters. The lowest BCUT2D eigenvalue weighted by Crippen LogP contribution is -2.17. The first-order chi connectivity index (χ1) is 10.6. The van der Waals surface area contributed by atoms with E-state index in [4.69, 9.17) is 11.6 Å². The van der Waals surface area contributed by atoms with Gasteiger partial charge in [0.25, 0.3) is 10.0 Å². The predicted molar refractivity (Wildman–Crippen MR) is 85.1 cm³/mol. The molecule has 0 unspecified atom stereocenters. The summed E-state index contributed by atoms with van der Waals surface area (Å²) in [4.78, 5) is 10.9. The number of benzene rings is 2. The lowest BCUT2D eigenvalue weighted by atomic mass is 10.0. The second kappa shape index (κ2) is 6.17. The van der Waals surface area contributed by atoms with Crippen LogP contribution in [-0.4, -0.2) is 19.5 Å². The van der Waals surface area contributed by atoms with Crippen molar-refractivity contribution in [2.45, 2.75) is 18.7 Å². The van der Waals surface area contributed by atoms with Crippen molar-refractivity contribution in [3.8, 4) is 0 Å². The van der Waals surface area contributed by atoms with Crippen LogP contribution in [0.2, 0.25) is 5.02 Å². The van der Waals surface area contributed by atoms with E-state index in [2.05, 4.69) is 4.72 Å². The molecule has 0 aliphatic heterocycles. The maximum absolute atomic E-state index is 13.3. The Kier molecular flexibility index (Phi) is 4.63. The Morgan fingerprint density at radius 3 is 2.48 bits per heavy atom. The molecule has 5 nitrogen and oxygen atoms in total. The first-order valence-corrected chi connectivity index (χ1v) is 8.30. The van der Waals surface area contributed by atoms with Gasteiger partial charge in [-0.3, -0.25) is 4.72 Å². The fraction of sp³-hybridized carbons (Fsp3) is 0.133.